The van der Waals surface area contributed by atoms with Crippen molar-refractivity contribution in [1.29, 1.82) is 0 Å². The number of ether oxygens (including phenoxy) is 3. The van der Waals surface area contributed by atoms with Gasteiger partial charge in [0.25, 0.3) is 11.8 Å². The second-order valence-corrected chi connectivity index (χ2v) is 7.03. The predicted molar refractivity (Wildman–Crippen MR) is 113 cm³/mol. The summed E-state index contributed by atoms with van der Waals surface area (Å²) in [6, 6.07) is 14.4. The Morgan fingerprint density at radius 1 is 1.00 bits per heavy atom. The van der Waals surface area contributed by atoms with E-state index >= 15 is 0 Å². The van der Waals surface area contributed by atoms with E-state index in [2.05, 4.69) is 5.32 Å². The first kappa shape index (κ1) is 21.5. The molecule has 3 rings (SSSR count). The third-order valence-electron chi connectivity index (χ3n) is 4.99. The van der Waals surface area contributed by atoms with Crippen molar-refractivity contribution < 1.29 is 23.8 Å². The maximum Gasteiger partial charge on any atom is 0.258 e. The van der Waals surface area contributed by atoms with Gasteiger partial charge in [0.2, 0.25) is 0 Å². The normalized spacial score (nSPS) is 14.1. The zero-order valence-electron chi connectivity index (χ0n) is 17.4. The third-order valence-corrected chi connectivity index (χ3v) is 4.99. The number of piperidine rings is 1. The molecule has 1 saturated heterocycles. The van der Waals surface area contributed by atoms with Gasteiger partial charge in [-0.1, -0.05) is 12.1 Å². The lowest BCUT2D eigenvalue weighted by molar-refractivity contribution is -0.124. The number of para-hydroxylation sites is 2. The Kier molecular flexibility index (Phi) is 7.54. The number of nitrogens with zero attached hydrogens (tertiary/aromatic N) is 1. The highest BCUT2D eigenvalue weighted by molar-refractivity contribution is 5.94. The van der Waals surface area contributed by atoms with Crippen molar-refractivity contribution in [3.63, 3.8) is 0 Å². The molecule has 0 aliphatic carbocycles. The van der Waals surface area contributed by atoms with Crippen molar-refractivity contribution in [2.75, 3.05) is 33.4 Å². The van der Waals surface area contributed by atoms with Gasteiger partial charge in [0.15, 0.2) is 18.1 Å². The summed E-state index contributed by atoms with van der Waals surface area (Å²) in [5, 5.41) is 2.99. The number of hydrogen-bond donors (Lipinski definition) is 1. The van der Waals surface area contributed by atoms with Gasteiger partial charge < -0.3 is 24.4 Å². The van der Waals surface area contributed by atoms with Gasteiger partial charge in [-0.25, -0.2) is 0 Å². The molecule has 7 heteroatoms. The molecule has 1 aliphatic rings. The largest absolute Gasteiger partial charge is 0.494 e. The van der Waals surface area contributed by atoms with Crippen LogP contribution in [0.2, 0.25) is 0 Å². The second-order valence-electron chi connectivity index (χ2n) is 7.03. The molecular formula is C23H28N2O5. The first-order valence-electron chi connectivity index (χ1n) is 10.2. The quantitative estimate of drug-likeness (QED) is 0.721. The molecule has 1 fully saturated rings. The Balaban J connectivity index is 1.43. The fourth-order valence-electron chi connectivity index (χ4n) is 3.42. The van der Waals surface area contributed by atoms with Crippen molar-refractivity contribution in [3.05, 3.63) is 54.1 Å². The van der Waals surface area contributed by atoms with Crippen LogP contribution >= 0.6 is 0 Å². The molecule has 7 nitrogen and oxygen atoms in total. The molecule has 0 spiro atoms. The molecule has 30 heavy (non-hydrogen) atoms. The maximum absolute atomic E-state index is 12.7. The van der Waals surface area contributed by atoms with Gasteiger partial charge in [-0.2, -0.15) is 0 Å². The average molecular weight is 412 g/mol. The molecule has 1 N–H and O–H groups in total. The highest BCUT2D eigenvalue weighted by Crippen LogP contribution is 2.25. The van der Waals surface area contributed by atoms with Crippen LogP contribution in [0.25, 0.3) is 0 Å². The molecule has 2 amide bonds. The minimum Gasteiger partial charge on any atom is -0.494 e. The SMILES string of the molecule is CCOc1ccc(C(=O)N2CCC(NC(=O)COc3ccccc3OC)CC2)cc1. The summed E-state index contributed by atoms with van der Waals surface area (Å²) >= 11 is 0. The van der Waals surface area contributed by atoms with E-state index in [0.717, 1.165) is 5.75 Å². The van der Waals surface area contributed by atoms with Gasteiger partial charge in [0.1, 0.15) is 5.75 Å². The summed E-state index contributed by atoms with van der Waals surface area (Å²) in [6.45, 7) is 3.64. The number of carbonyl (C=O) groups excluding carboxylic acids is 2. The Morgan fingerprint density at radius 3 is 2.30 bits per heavy atom. The van der Waals surface area contributed by atoms with Crippen LogP contribution in [0.3, 0.4) is 0 Å². The van der Waals surface area contributed by atoms with Gasteiger partial charge in [-0.3, -0.25) is 9.59 Å². The van der Waals surface area contributed by atoms with Gasteiger partial charge in [0, 0.05) is 24.7 Å². The summed E-state index contributed by atoms with van der Waals surface area (Å²) < 4.78 is 16.2. The molecule has 0 radical (unpaired) electrons. The molecule has 0 unspecified atom stereocenters. The Labute approximate surface area is 176 Å². The van der Waals surface area contributed by atoms with Crippen molar-refractivity contribution in [3.8, 4) is 17.2 Å². The van der Waals surface area contributed by atoms with Gasteiger partial charge in [-0.05, 0) is 56.2 Å². The average Bonchev–Trinajstić information content (AvgIpc) is 2.78. The summed E-state index contributed by atoms with van der Waals surface area (Å²) in [5.41, 5.74) is 0.645. The molecule has 2 aromatic rings. The lowest BCUT2D eigenvalue weighted by Gasteiger charge is -2.32. The molecule has 1 heterocycles. The number of nitrogens with one attached hydrogen (secondary N) is 1. The zero-order chi connectivity index (χ0) is 21.3. The highest BCUT2D eigenvalue weighted by Gasteiger charge is 2.24. The Hall–Kier alpha value is -3.22. The minimum absolute atomic E-state index is 0.00216. The third kappa shape index (κ3) is 5.65. The van der Waals surface area contributed by atoms with Crippen LogP contribution in [0.5, 0.6) is 17.2 Å². The number of benzene rings is 2. The Morgan fingerprint density at radius 2 is 1.67 bits per heavy atom. The van der Waals surface area contributed by atoms with E-state index in [1.807, 2.05) is 36.1 Å². The van der Waals surface area contributed by atoms with E-state index in [9.17, 15) is 9.59 Å². The minimum atomic E-state index is -0.183. The van der Waals surface area contributed by atoms with Crippen LogP contribution in [-0.4, -0.2) is 56.2 Å². The number of likely N-dealkylation sites (tertiary alicyclic amines) is 1. The number of hydrogen-bond acceptors (Lipinski definition) is 5. The van der Waals surface area contributed by atoms with Crippen LogP contribution < -0.4 is 19.5 Å². The molecule has 0 bridgehead atoms. The van der Waals surface area contributed by atoms with E-state index in [-0.39, 0.29) is 24.5 Å². The number of rotatable bonds is 8. The standard InChI is InChI=1S/C23H28N2O5/c1-3-29-19-10-8-17(9-11-19)23(27)25-14-12-18(13-15-25)24-22(26)16-30-21-7-5-4-6-20(21)28-2/h4-11,18H,3,12-16H2,1-2H3,(H,24,26). The second kappa shape index (κ2) is 10.5. The van der Waals surface area contributed by atoms with Crippen molar-refractivity contribution in [2.45, 2.75) is 25.8 Å². The summed E-state index contributed by atoms with van der Waals surface area (Å²) in [7, 11) is 1.56. The van der Waals surface area contributed by atoms with Crippen LogP contribution in [0.1, 0.15) is 30.1 Å². The van der Waals surface area contributed by atoms with E-state index in [0.29, 0.717) is 49.6 Å². The van der Waals surface area contributed by atoms with Gasteiger partial charge in [-0.15, -0.1) is 0 Å². The lowest BCUT2D eigenvalue weighted by atomic mass is 10.0. The predicted octanol–water partition coefficient (Wildman–Crippen LogP) is 2.89. The smallest absolute Gasteiger partial charge is 0.258 e. The summed E-state index contributed by atoms with van der Waals surface area (Å²) in [6.07, 6.45) is 1.42. The number of methoxy groups -OCH3 is 1. The van der Waals surface area contributed by atoms with E-state index < -0.39 is 0 Å². The van der Waals surface area contributed by atoms with Crippen LogP contribution in [0.4, 0.5) is 0 Å². The Bertz CT molecular complexity index is 845. The van der Waals surface area contributed by atoms with Crippen LogP contribution in [0, 0.1) is 0 Å². The fraction of sp³-hybridized carbons (Fsp3) is 0.391. The number of amides is 2. The maximum atomic E-state index is 12.7. The summed E-state index contributed by atoms with van der Waals surface area (Å²) in [4.78, 5) is 26.7. The molecule has 0 atom stereocenters. The van der Waals surface area contributed by atoms with E-state index in [1.165, 1.54) is 0 Å². The monoisotopic (exact) mass is 412 g/mol. The lowest BCUT2D eigenvalue weighted by Crippen LogP contribution is -2.47. The highest BCUT2D eigenvalue weighted by atomic mass is 16.5. The first-order chi connectivity index (χ1) is 14.6. The molecule has 160 valence electrons. The first-order valence-corrected chi connectivity index (χ1v) is 10.2. The number of carbonyl (C=O) groups is 2. The van der Waals surface area contributed by atoms with Gasteiger partial charge >= 0.3 is 0 Å². The van der Waals surface area contributed by atoms with Crippen molar-refractivity contribution >= 4 is 11.8 Å². The molecule has 1 aliphatic heterocycles. The summed E-state index contributed by atoms with van der Waals surface area (Å²) in [5.74, 6) is 1.70. The molecular weight excluding hydrogens is 384 g/mol. The molecule has 2 aromatic carbocycles. The topological polar surface area (TPSA) is 77.1 Å². The van der Waals surface area contributed by atoms with Gasteiger partial charge in [0.05, 0.1) is 13.7 Å². The van der Waals surface area contributed by atoms with E-state index in [1.54, 1.807) is 31.4 Å². The fourth-order valence-corrected chi connectivity index (χ4v) is 3.42. The van der Waals surface area contributed by atoms with Crippen molar-refractivity contribution in [1.82, 2.24) is 10.2 Å². The van der Waals surface area contributed by atoms with E-state index in [4.69, 9.17) is 14.2 Å². The molecule has 0 saturated carbocycles. The zero-order valence-corrected chi connectivity index (χ0v) is 17.4. The van der Waals surface area contributed by atoms with Crippen molar-refractivity contribution in [2.24, 2.45) is 0 Å². The van der Waals surface area contributed by atoms with Crippen LogP contribution in [0.15, 0.2) is 48.5 Å². The molecule has 0 aromatic heterocycles. The van der Waals surface area contributed by atoms with Crippen LogP contribution in [-0.2, 0) is 4.79 Å².